The lowest BCUT2D eigenvalue weighted by Crippen LogP contribution is -2.48. The fourth-order valence-electron chi connectivity index (χ4n) is 4.91. The van der Waals surface area contributed by atoms with E-state index in [2.05, 4.69) is 5.32 Å². The maximum Gasteiger partial charge on any atom is 0.288 e. The Morgan fingerprint density at radius 2 is 1.81 bits per heavy atom. The molecule has 5 rings (SSSR count). The predicted molar refractivity (Wildman–Crippen MR) is 133 cm³/mol. The van der Waals surface area contributed by atoms with Gasteiger partial charge in [-0.15, -0.1) is 0 Å². The van der Waals surface area contributed by atoms with Crippen molar-refractivity contribution in [3.63, 3.8) is 0 Å². The molecule has 36 heavy (non-hydrogen) atoms. The molecule has 10 nitrogen and oxygen atoms in total. The van der Waals surface area contributed by atoms with Crippen LogP contribution in [0.25, 0.3) is 0 Å². The molecule has 1 fully saturated rings. The third-order valence-electron chi connectivity index (χ3n) is 6.60. The number of benzene rings is 2. The molecule has 12 heteroatoms. The van der Waals surface area contributed by atoms with Gasteiger partial charge >= 0.3 is 0 Å². The molecule has 3 aromatic rings. The minimum absolute atomic E-state index is 0.0436. The van der Waals surface area contributed by atoms with Crippen LogP contribution in [0, 0.1) is 16.0 Å². The largest absolute Gasteiger partial charge is 0.322 e. The number of aromatic nitrogens is 1. The number of hydrogen-bond donors (Lipinski definition) is 1. The molecule has 186 valence electrons. The van der Waals surface area contributed by atoms with Crippen molar-refractivity contribution in [2.45, 2.75) is 23.8 Å². The number of amides is 1. The molecule has 0 spiro atoms. The molecule has 1 amide bonds. The molecule has 2 atom stereocenters. The van der Waals surface area contributed by atoms with Crippen LogP contribution in [0.4, 0.5) is 11.4 Å². The lowest BCUT2D eigenvalue weighted by Gasteiger charge is -2.42. The van der Waals surface area contributed by atoms with Gasteiger partial charge in [-0.1, -0.05) is 17.7 Å². The predicted octanol–water partition coefficient (Wildman–Crippen LogP) is 3.47. The van der Waals surface area contributed by atoms with E-state index in [1.807, 2.05) is 6.07 Å². The zero-order chi connectivity index (χ0) is 25.6. The summed E-state index contributed by atoms with van der Waals surface area (Å²) >= 11 is 5.79. The Labute approximate surface area is 211 Å². The Hall–Kier alpha value is -3.54. The zero-order valence-corrected chi connectivity index (χ0v) is 20.4. The first kappa shape index (κ1) is 24.2. The number of nitro benzene ring substituents is 1. The number of nitro groups is 1. The highest BCUT2D eigenvalue weighted by atomic mass is 35.5. The van der Waals surface area contributed by atoms with Crippen molar-refractivity contribution in [2.24, 2.45) is 5.92 Å². The van der Waals surface area contributed by atoms with Crippen LogP contribution in [0.15, 0.2) is 70.4 Å². The van der Waals surface area contributed by atoms with Crippen LogP contribution in [0.5, 0.6) is 0 Å². The number of carbonyl (C=O) groups excluding carboxylic acids is 1. The number of pyridine rings is 1. The van der Waals surface area contributed by atoms with Gasteiger partial charge in [0.1, 0.15) is 5.02 Å². The van der Waals surface area contributed by atoms with E-state index in [4.69, 9.17) is 11.6 Å². The molecule has 0 radical (unpaired) electrons. The minimum atomic E-state index is -3.79. The number of sulfonamides is 1. The van der Waals surface area contributed by atoms with Gasteiger partial charge in [-0.3, -0.25) is 19.7 Å². The van der Waals surface area contributed by atoms with Crippen LogP contribution < -0.4 is 10.9 Å². The van der Waals surface area contributed by atoms with E-state index >= 15 is 0 Å². The molecule has 0 saturated carbocycles. The van der Waals surface area contributed by atoms with E-state index in [-0.39, 0.29) is 45.1 Å². The van der Waals surface area contributed by atoms with Crippen LogP contribution >= 0.6 is 11.6 Å². The molecule has 3 heterocycles. The molecule has 2 aliphatic heterocycles. The van der Waals surface area contributed by atoms with Crippen molar-refractivity contribution in [3.05, 3.63) is 97.4 Å². The summed E-state index contributed by atoms with van der Waals surface area (Å²) in [5.74, 6) is -0.598. The van der Waals surface area contributed by atoms with Gasteiger partial charge in [0.25, 0.3) is 17.2 Å². The highest BCUT2D eigenvalue weighted by Gasteiger charge is 2.39. The van der Waals surface area contributed by atoms with Crippen molar-refractivity contribution in [1.29, 1.82) is 0 Å². The Kier molecular flexibility index (Phi) is 6.15. The topological polar surface area (TPSA) is 132 Å². The third kappa shape index (κ3) is 4.41. The van der Waals surface area contributed by atoms with E-state index in [1.165, 1.54) is 46.8 Å². The maximum absolute atomic E-state index is 13.4. The van der Waals surface area contributed by atoms with E-state index < -0.39 is 20.9 Å². The number of fused-ring (bicyclic) bond motifs is 4. The third-order valence-corrected chi connectivity index (χ3v) is 8.77. The lowest BCUT2D eigenvalue weighted by molar-refractivity contribution is -0.384. The molecule has 2 bridgehead atoms. The van der Waals surface area contributed by atoms with Crippen LogP contribution in [-0.2, 0) is 16.6 Å². The van der Waals surface area contributed by atoms with Gasteiger partial charge < -0.3 is 9.88 Å². The number of anilines is 1. The summed E-state index contributed by atoms with van der Waals surface area (Å²) in [5.41, 5.74) is 0.787. The summed E-state index contributed by atoms with van der Waals surface area (Å²) in [7, 11) is -3.79. The lowest BCUT2D eigenvalue weighted by atomic mass is 9.84. The highest BCUT2D eigenvalue weighted by molar-refractivity contribution is 7.89. The molecule has 1 aromatic heterocycles. The van der Waals surface area contributed by atoms with Gasteiger partial charge in [-0.25, -0.2) is 8.42 Å². The molecule has 1 saturated heterocycles. The summed E-state index contributed by atoms with van der Waals surface area (Å²) in [6, 6.07) is 14.6. The Bertz CT molecular complexity index is 1540. The monoisotopic (exact) mass is 528 g/mol. The van der Waals surface area contributed by atoms with Gasteiger partial charge in [0, 0.05) is 54.6 Å². The van der Waals surface area contributed by atoms with Crippen molar-refractivity contribution >= 4 is 38.9 Å². The number of carbonyl (C=O) groups is 1. The minimum Gasteiger partial charge on any atom is -0.322 e. The van der Waals surface area contributed by atoms with E-state index in [1.54, 1.807) is 10.6 Å². The van der Waals surface area contributed by atoms with Crippen molar-refractivity contribution in [1.82, 2.24) is 8.87 Å². The second kappa shape index (κ2) is 9.16. The van der Waals surface area contributed by atoms with Crippen molar-refractivity contribution in [2.75, 3.05) is 18.4 Å². The van der Waals surface area contributed by atoms with Crippen molar-refractivity contribution < 1.29 is 18.1 Å². The average molecular weight is 529 g/mol. The molecular weight excluding hydrogens is 508 g/mol. The van der Waals surface area contributed by atoms with Crippen LogP contribution in [0.2, 0.25) is 5.02 Å². The Morgan fingerprint density at radius 3 is 2.53 bits per heavy atom. The number of rotatable bonds is 5. The number of hydrogen-bond acceptors (Lipinski definition) is 6. The summed E-state index contributed by atoms with van der Waals surface area (Å²) in [5, 5.41) is 13.6. The second-order valence-electron chi connectivity index (χ2n) is 8.92. The number of halogens is 1. The van der Waals surface area contributed by atoms with Gasteiger partial charge in [0.05, 0.1) is 9.82 Å². The number of nitrogens with one attached hydrogen (secondary N) is 1. The fourth-order valence-corrected chi connectivity index (χ4v) is 6.65. The van der Waals surface area contributed by atoms with Crippen molar-refractivity contribution in [3.8, 4) is 0 Å². The average Bonchev–Trinajstić information content (AvgIpc) is 2.85. The molecule has 1 N–H and O–H groups in total. The first-order valence-electron chi connectivity index (χ1n) is 11.2. The zero-order valence-electron chi connectivity index (χ0n) is 18.8. The van der Waals surface area contributed by atoms with Gasteiger partial charge in [0.15, 0.2) is 0 Å². The quantitative estimate of drug-likeness (QED) is 0.398. The second-order valence-corrected chi connectivity index (χ2v) is 11.3. The normalized spacial score (nSPS) is 19.4. The Morgan fingerprint density at radius 1 is 1.06 bits per heavy atom. The standard InChI is InChI=1S/C24H21ClN4O6S/c25-20-9-4-16(11-22(20)29(32)33)24(31)26-18-5-7-19(8-6-18)36(34,35)27-12-15-10-17(14-27)21-2-1-3-23(30)28(21)13-15/h1-9,11,15,17H,10,12-14H2,(H,26,31)/t15-,17-/m1/s1. The summed E-state index contributed by atoms with van der Waals surface area (Å²) < 4.78 is 30.0. The molecular formula is C24H21ClN4O6S. The maximum atomic E-state index is 13.4. The molecule has 0 aliphatic carbocycles. The van der Waals surface area contributed by atoms with E-state index in [0.717, 1.165) is 18.2 Å². The van der Waals surface area contributed by atoms with Gasteiger partial charge in [0.2, 0.25) is 10.0 Å². The van der Waals surface area contributed by atoms with Crippen LogP contribution in [0.3, 0.4) is 0 Å². The molecule has 0 unspecified atom stereocenters. The smallest absolute Gasteiger partial charge is 0.288 e. The fraction of sp³-hybridized carbons (Fsp3) is 0.250. The van der Waals surface area contributed by atoms with E-state index in [0.29, 0.717) is 18.8 Å². The van der Waals surface area contributed by atoms with Gasteiger partial charge in [-0.05, 0) is 54.8 Å². The summed E-state index contributed by atoms with van der Waals surface area (Å²) in [4.78, 5) is 35.2. The number of nitrogens with zero attached hydrogens (tertiary/aromatic N) is 3. The van der Waals surface area contributed by atoms with Crippen LogP contribution in [-0.4, -0.2) is 41.2 Å². The Balaban J connectivity index is 1.32. The van der Waals surface area contributed by atoms with Crippen LogP contribution in [0.1, 0.15) is 28.4 Å². The SMILES string of the molecule is O=C(Nc1ccc(S(=O)(=O)N2C[C@H]3C[C@H](C2)c2cccc(=O)n2C3)cc1)c1ccc(Cl)c([N+](=O)[O-])c1. The molecule has 2 aromatic carbocycles. The first-order valence-corrected chi connectivity index (χ1v) is 13.0. The molecule has 2 aliphatic rings. The summed E-state index contributed by atoms with van der Waals surface area (Å²) in [6.07, 6.45) is 0.837. The van der Waals surface area contributed by atoms with E-state index in [9.17, 15) is 28.1 Å². The van der Waals surface area contributed by atoms with Gasteiger partial charge in [-0.2, -0.15) is 4.31 Å². The summed E-state index contributed by atoms with van der Waals surface area (Å²) in [6.45, 7) is 1.11. The first-order chi connectivity index (χ1) is 17.1. The highest BCUT2D eigenvalue weighted by Crippen LogP contribution is 2.37. The number of piperidine rings is 1.